The van der Waals surface area contributed by atoms with Gasteiger partial charge in [0.2, 0.25) is 0 Å². The third-order valence-corrected chi connectivity index (χ3v) is 5.73. The van der Waals surface area contributed by atoms with E-state index in [1.54, 1.807) is 0 Å². The van der Waals surface area contributed by atoms with Crippen LogP contribution in [0.15, 0.2) is 72.8 Å². The van der Waals surface area contributed by atoms with Gasteiger partial charge in [0.05, 0.1) is 6.04 Å². The van der Waals surface area contributed by atoms with Crippen LogP contribution < -0.4 is 10.1 Å². The van der Waals surface area contributed by atoms with Crippen LogP contribution in [0, 0.1) is 12.8 Å². The van der Waals surface area contributed by atoms with Crippen molar-refractivity contribution in [3.8, 4) is 5.75 Å². The number of para-hydroxylation sites is 1. The van der Waals surface area contributed by atoms with Crippen molar-refractivity contribution in [3.05, 3.63) is 101 Å². The number of carboxylic acid groups (broad SMARTS) is 1. The van der Waals surface area contributed by atoms with Gasteiger partial charge in [0.25, 0.3) is 5.91 Å². The van der Waals surface area contributed by atoms with Gasteiger partial charge in [0.1, 0.15) is 12.4 Å². The molecule has 0 aromatic heterocycles. The molecule has 5 nitrogen and oxygen atoms in total. The van der Waals surface area contributed by atoms with Crippen LogP contribution in [0.4, 0.5) is 0 Å². The van der Waals surface area contributed by atoms with Crippen LogP contribution in [0.25, 0.3) is 0 Å². The van der Waals surface area contributed by atoms with Crippen LogP contribution in [0.3, 0.4) is 0 Å². The Morgan fingerprint density at radius 1 is 0.971 bits per heavy atom. The second kappa shape index (κ2) is 12.0. The Morgan fingerprint density at radius 2 is 1.68 bits per heavy atom. The van der Waals surface area contributed by atoms with Gasteiger partial charge in [-0.1, -0.05) is 74.5 Å². The van der Waals surface area contributed by atoms with E-state index in [0.717, 1.165) is 34.4 Å². The topological polar surface area (TPSA) is 75.6 Å². The first-order valence-electron chi connectivity index (χ1n) is 11.7. The number of carbonyl (C=O) groups excluding carboxylic acids is 1. The standard InChI is InChI=1S/C29H33NO4/c1-20(2)17-26(24-10-5-4-6-11-24)30-29(33)25-18-22(13-14-23(25)15-16-28(31)32)19-34-27-12-8-7-9-21(27)3/h4-14,18,20,26H,15-17,19H2,1-3H3,(H,30,33)(H,31,32). The number of aryl methyl sites for hydroxylation is 2. The van der Waals surface area contributed by atoms with Crippen LogP contribution in [-0.4, -0.2) is 17.0 Å². The molecule has 0 heterocycles. The second-order valence-corrected chi connectivity index (χ2v) is 9.01. The fourth-order valence-electron chi connectivity index (χ4n) is 3.93. The molecule has 0 saturated carbocycles. The van der Waals surface area contributed by atoms with Gasteiger partial charge in [0.15, 0.2) is 0 Å². The van der Waals surface area contributed by atoms with Gasteiger partial charge in [-0.2, -0.15) is 0 Å². The van der Waals surface area contributed by atoms with E-state index in [2.05, 4.69) is 19.2 Å². The molecule has 3 rings (SSSR count). The lowest BCUT2D eigenvalue weighted by Crippen LogP contribution is -2.30. The summed E-state index contributed by atoms with van der Waals surface area (Å²) in [6, 6.07) is 23.2. The molecule has 0 saturated heterocycles. The largest absolute Gasteiger partial charge is 0.489 e. The van der Waals surface area contributed by atoms with Crippen molar-refractivity contribution in [2.75, 3.05) is 0 Å². The molecule has 0 aliphatic rings. The normalized spacial score (nSPS) is 11.8. The summed E-state index contributed by atoms with van der Waals surface area (Å²) in [5.74, 6) is 0.100. The smallest absolute Gasteiger partial charge is 0.303 e. The van der Waals surface area contributed by atoms with Crippen molar-refractivity contribution in [1.82, 2.24) is 5.32 Å². The Labute approximate surface area is 201 Å². The van der Waals surface area contributed by atoms with Crippen molar-refractivity contribution in [2.45, 2.75) is 52.7 Å². The maximum absolute atomic E-state index is 13.5. The minimum Gasteiger partial charge on any atom is -0.489 e. The van der Waals surface area contributed by atoms with Crippen LogP contribution in [0.5, 0.6) is 5.75 Å². The van der Waals surface area contributed by atoms with E-state index < -0.39 is 5.97 Å². The molecule has 0 aliphatic heterocycles. The number of hydrogen-bond acceptors (Lipinski definition) is 3. The average Bonchev–Trinajstić information content (AvgIpc) is 2.82. The third kappa shape index (κ3) is 7.20. The predicted molar refractivity (Wildman–Crippen MR) is 134 cm³/mol. The zero-order valence-electron chi connectivity index (χ0n) is 20.1. The first kappa shape index (κ1) is 25.0. The summed E-state index contributed by atoms with van der Waals surface area (Å²) in [7, 11) is 0. The average molecular weight is 460 g/mol. The van der Waals surface area contributed by atoms with E-state index in [1.807, 2.05) is 79.7 Å². The molecule has 1 atom stereocenters. The molecule has 3 aromatic rings. The second-order valence-electron chi connectivity index (χ2n) is 9.01. The van der Waals surface area contributed by atoms with E-state index in [-0.39, 0.29) is 24.8 Å². The molecular weight excluding hydrogens is 426 g/mol. The maximum Gasteiger partial charge on any atom is 0.303 e. The summed E-state index contributed by atoms with van der Waals surface area (Å²) in [4.78, 5) is 24.6. The van der Waals surface area contributed by atoms with Gasteiger partial charge in [-0.3, -0.25) is 9.59 Å². The number of rotatable bonds is 11. The number of carboxylic acids is 1. The van der Waals surface area contributed by atoms with Crippen molar-refractivity contribution >= 4 is 11.9 Å². The van der Waals surface area contributed by atoms with Gasteiger partial charge < -0.3 is 15.2 Å². The van der Waals surface area contributed by atoms with Crippen LogP contribution in [-0.2, 0) is 17.8 Å². The molecule has 2 N–H and O–H groups in total. The predicted octanol–water partition coefficient (Wildman–Crippen LogP) is 6.11. The lowest BCUT2D eigenvalue weighted by molar-refractivity contribution is -0.136. The first-order valence-corrected chi connectivity index (χ1v) is 11.7. The summed E-state index contributed by atoms with van der Waals surface area (Å²) >= 11 is 0. The van der Waals surface area contributed by atoms with Crippen molar-refractivity contribution in [2.24, 2.45) is 5.92 Å². The molecule has 34 heavy (non-hydrogen) atoms. The SMILES string of the molecule is Cc1ccccc1OCc1ccc(CCC(=O)O)c(C(=O)NC(CC(C)C)c2ccccc2)c1. The Morgan fingerprint density at radius 3 is 2.35 bits per heavy atom. The van der Waals surface area contributed by atoms with Crippen LogP contribution in [0.2, 0.25) is 0 Å². The van der Waals surface area contributed by atoms with E-state index in [9.17, 15) is 9.59 Å². The van der Waals surface area contributed by atoms with E-state index >= 15 is 0 Å². The number of carbonyl (C=O) groups is 2. The van der Waals surface area contributed by atoms with E-state index in [4.69, 9.17) is 9.84 Å². The molecule has 3 aromatic carbocycles. The summed E-state index contributed by atoms with van der Waals surface area (Å²) in [5, 5.41) is 12.4. The Bertz CT molecular complexity index is 1110. The van der Waals surface area contributed by atoms with Crippen molar-refractivity contribution < 1.29 is 19.4 Å². The van der Waals surface area contributed by atoms with Gasteiger partial charge in [-0.15, -0.1) is 0 Å². The molecule has 0 spiro atoms. The lowest BCUT2D eigenvalue weighted by atomic mass is 9.95. The summed E-state index contributed by atoms with van der Waals surface area (Å²) in [6.07, 6.45) is 1.06. The summed E-state index contributed by atoms with van der Waals surface area (Å²) < 4.78 is 5.97. The Balaban J connectivity index is 1.85. The highest BCUT2D eigenvalue weighted by atomic mass is 16.5. The molecule has 1 amide bonds. The number of benzene rings is 3. The monoisotopic (exact) mass is 459 g/mol. The van der Waals surface area contributed by atoms with Gasteiger partial charge in [0, 0.05) is 12.0 Å². The minimum atomic E-state index is -0.889. The molecule has 178 valence electrons. The van der Waals surface area contributed by atoms with Crippen LogP contribution in [0.1, 0.15) is 65.3 Å². The molecule has 5 heteroatoms. The molecule has 1 unspecified atom stereocenters. The highest BCUT2D eigenvalue weighted by Gasteiger charge is 2.20. The van der Waals surface area contributed by atoms with Gasteiger partial charge >= 0.3 is 5.97 Å². The zero-order chi connectivity index (χ0) is 24.5. The Hall–Kier alpha value is -3.60. The fraction of sp³-hybridized carbons (Fsp3) is 0.310. The van der Waals surface area contributed by atoms with Crippen molar-refractivity contribution in [1.29, 1.82) is 0 Å². The van der Waals surface area contributed by atoms with Crippen molar-refractivity contribution in [3.63, 3.8) is 0 Å². The Kier molecular flexibility index (Phi) is 8.86. The van der Waals surface area contributed by atoms with E-state index in [0.29, 0.717) is 18.1 Å². The number of hydrogen-bond donors (Lipinski definition) is 2. The summed E-state index contributed by atoms with van der Waals surface area (Å²) in [5.41, 5.74) is 4.16. The highest BCUT2D eigenvalue weighted by molar-refractivity contribution is 5.96. The number of nitrogens with one attached hydrogen (secondary N) is 1. The summed E-state index contributed by atoms with van der Waals surface area (Å²) in [6.45, 7) is 6.56. The maximum atomic E-state index is 13.5. The number of aliphatic carboxylic acids is 1. The van der Waals surface area contributed by atoms with Gasteiger partial charge in [-0.05, 0) is 60.1 Å². The van der Waals surface area contributed by atoms with Gasteiger partial charge in [-0.25, -0.2) is 0 Å². The third-order valence-electron chi connectivity index (χ3n) is 5.73. The van der Waals surface area contributed by atoms with E-state index in [1.165, 1.54) is 0 Å². The molecule has 0 radical (unpaired) electrons. The molecule has 0 fully saturated rings. The quantitative estimate of drug-likeness (QED) is 0.363. The lowest BCUT2D eigenvalue weighted by Gasteiger charge is -2.22. The minimum absolute atomic E-state index is 0.0343. The molecule has 0 bridgehead atoms. The number of ether oxygens (including phenoxy) is 1. The molecular formula is C29H33NO4. The first-order chi connectivity index (χ1) is 16.3. The van der Waals surface area contributed by atoms with Crippen LogP contribution >= 0.6 is 0 Å². The molecule has 0 aliphatic carbocycles. The zero-order valence-corrected chi connectivity index (χ0v) is 20.1. The number of amides is 1. The highest BCUT2D eigenvalue weighted by Crippen LogP contribution is 2.24. The fourth-order valence-corrected chi connectivity index (χ4v) is 3.93.